The number of rotatable bonds is 5. The lowest BCUT2D eigenvalue weighted by Gasteiger charge is -2.19. The Balaban J connectivity index is 1.76. The van der Waals surface area contributed by atoms with Crippen LogP contribution < -0.4 is 4.90 Å². The summed E-state index contributed by atoms with van der Waals surface area (Å²) in [5.41, 5.74) is 1.53. The summed E-state index contributed by atoms with van der Waals surface area (Å²) in [6.45, 7) is -0.108. The van der Waals surface area contributed by atoms with Crippen LogP contribution in [0.5, 0.6) is 0 Å². The van der Waals surface area contributed by atoms with Gasteiger partial charge in [0, 0.05) is 16.6 Å². The molecule has 3 rings (SSSR count). The van der Waals surface area contributed by atoms with Gasteiger partial charge >= 0.3 is 0 Å². The number of anilines is 1. The molecule has 8 heteroatoms. The summed E-state index contributed by atoms with van der Waals surface area (Å²) in [5.74, 6) is 0.206. The second kappa shape index (κ2) is 6.81. The van der Waals surface area contributed by atoms with Crippen molar-refractivity contribution >= 4 is 22.9 Å². The maximum atomic E-state index is 12.4. The standard InChI is InChI=1S/C15H12N6OS/c16-7-8-20(13-4-2-1-3-5-13)14(22)10-21-18-15(17-19-21)12-6-9-23-11-12/h1-6,9,11H,8,10H2. The van der Waals surface area contributed by atoms with Crippen LogP contribution in [0, 0.1) is 11.3 Å². The van der Waals surface area contributed by atoms with Crippen molar-refractivity contribution in [1.82, 2.24) is 20.2 Å². The van der Waals surface area contributed by atoms with E-state index in [2.05, 4.69) is 15.4 Å². The molecular formula is C15H12N6OS. The molecule has 0 bridgehead atoms. The third kappa shape index (κ3) is 3.41. The van der Waals surface area contributed by atoms with Crippen molar-refractivity contribution in [1.29, 1.82) is 5.26 Å². The number of aromatic nitrogens is 4. The smallest absolute Gasteiger partial charge is 0.251 e. The molecule has 1 amide bonds. The van der Waals surface area contributed by atoms with E-state index in [0.717, 1.165) is 5.56 Å². The Kier molecular flexibility index (Phi) is 4.40. The number of nitrogens with zero attached hydrogens (tertiary/aromatic N) is 6. The molecule has 0 radical (unpaired) electrons. The fraction of sp³-hybridized carbons (Fsp3) is 0.133. The molecule has 1 aromatic carbocycles. The van der Waals surface area contributed by atoms with Crippen molar-refractivity contribution in [3.63, 3.8) is 0 Å². The van der Waals surface area contributed by atoms with Crippen LogP contribution in [-0.4, -0.2) is 32.7 Å². The number of nitriles is 1. The van der Waals surface area contributed by atoms with Gasteiger partial charge in [0.25, 0.3) is 5.91 Å². The fourth-order valence-electron chi connectivity index (χ4n) is 2.03. The van der Waals surface area contributed by atoms with Gasteiger partial charge in [0.15, 0.2) is 0 Å². The highest BCUT2D eigenvalue weighted by atomic mass is 32.1. The highest BCUT2D eigenvalue weighted by molar-refractivity contribution is 7.08. The molecule has 0 atom stereocenters. The minimum atomic E-state index is -0.271. The van der Waals surface area contributed by atoms with E-state index >= 15 is 0 Å². The molecule has 0 fully saturated rings. The van der Waals surface area contributed by atoms with E-state index in [1.807, 2.05) is 41.1 Å². The molecule has 0 saturated carbocycles. The number of carbonyl (C=O) groups excluding carboxylic acids is 1. The second-order valence-corrected chi connectivity index (χ2v) is 5.41. The van der Waals surface area contributed by atoms with E-state index in [1.165, 1.54) is 21.0 Å². The molecule has 0 saturated heterocycles. The van der Waals surface area contributed by atoms with Crippen molar-refractivity contribution in [3.8, 4) is 17.5 Å². The van der Waals surface area contributed by atoms with Crippen LogP contribution in [0.3, 0.4) is 0 Å². The Morgan fingerprint density at radius 2 is 2.13 bits per heavy atom. The van der Waals surface area contributed by atoms with Gasteiger partial charge in [-0.1, -0.05) is 18.2 Å². The molecule has 0 spiro atoms. The summed E-state index contributed by atoms with van der Waals surface area (Å²) in [5, 5.41) is 24.8. The van der Waals surface area contributed by atoms with Gasteiger partial charge in [-0.2, -0.15) is 21.4 Å². The number of amides is 1. The van der Waals surface area contributed by atoms with Crippen molar-refractivity contribution < 1.29 is 4.79 Å². The average molecular weight is 324 g/mol. The lowest BCUT2D eigenvalue weighted by molar-refractivity contribution is -0.119. The number of thiophene rings is 1. The highest BCUT2D eigenvalue weighted by Gasteiger charge is 2.17. The molecule has 3 aromatic rings. The zero-order valence-corrected chi connectivity index (χ0v) is 12.8. The number of hydrogen-bond donors (Lipinski definition) is 0. The number of hydrogen-bond acceptors (Lipinski definition) is 6. The first-order chi connectivity index (χ1) is 11.3. The maximum Gasteiger partial charge on any atom is 0.251 e. The average Bonchev–Trinajstić information content (AvgIpc) is 3.24. The summed E-state index contributed by atoms with van der Waals surface area (Å²) >= 11 is 1.54. The Labute approximate surface area is 136 Å². The second-order valence-electron chi connectivity index (χ2n) is 4.63. The van der Waals surface area contributed by atoms with Gasteiger partial charge in [0.05, 0.1) is 6.07 Å². The van der Waals surface area contributed by atoms with Gasteiger partial charge in [-0.15, -0.1) is 10.2 Å². The van der Waals surface area contributed by atoms with Crippen LogP contribution in [-0.2, 0) is 11.3 Å². The van der Waals surface area contributed by atoms with Gasteiger partial charge in [0.1, 0.15) is 13.1 Å². The zero-order chi connectivity index (χ0) is 16.1. The minimum Gasteiger partial charge on any atom is -0.297 e. The van der Waals surface area contributed by atoms with E-state index in [0.29, 0.717) is 11.5 Å². The highest BCUT2D eigenvalue weighted by Crippen LogP contribution is 2.17. The van der Waals surface area contributed by atoms with Crippen molar-refractivity contribution in [2.45, 2.75) is 6.54 Å². The predicted octanol–water partition coefficient (Wildman–Crippen LogP) is 1.96. The summed E-state index contributed by atoms with van der Waals surface area (Å²) in [6.07, 6.45) is 0. The molecule has 0 aliphatic heterocycles. The van der Waals surface area contributed by atoms with Gasteiger partial charge in [-0.25, -0.2) is 0 Å². The number of para-hydroxylation sites is 1. The summed E-state index contributed by atoms with van der Waals surface area (Å²) < 4.78 is 0. The van der Waals surface area contributed by atoms with Crippen molar-refractivity contribution in [2.24, 2.45) is 0 Å². The quantitative estimate of drug-likeness (QED) is 0.669. The van der Waals surface area contributed by atoms with Gasteiger partial charge in [-0.05, 0) is 28.8 Å². The van der Waals surface area contributed by atoms with E-state index in [1.54, 1.807) is 12.1 Å². The monoisotopic (exact) mass is 324 g/mol. The van der Waals surface area contributed by atoms with Gasteiger partial charge < -0.3 is 0 Å². The largest absolute Gasteiger partial charge is 0.297 e. The van der Waals surface area contributed by atoms with Gasteiger partial charge in [0.2, 0.25) is 5.82 Å². The van der Waals surface area contributed by atoms with E-state index in [4.69, 9.17) is 5.26 Å². The first kappa shape index (κ1) is 14.9. The van der Waals surface area contributed by atoms with Crippen LogP contribution in [0.4, 0.5) is 5.69 Å². The number of benzene rings is 1. The Morgan fingerprint density at radius 3 is 2.83 bits per heavy atom. The van der Waals surface area contributed by atoms with E-state index in [-0.39, 0.29) is 19.0 Å². The van der Waals surface area contributed by atoms with Crippen LogP contribution in [0.25, 0.3) is 11.4 Å². The molecule has 0 N–H and O–H groups in total. The summed E-state index contributed by atoms with van der Waals surface area (Å²) in [4.78, 5) is 15.1. The van der Waals surface area contributed by atoms with Gasteiger partial charge in [-0.3, -0.25) is 9.69 Å². The lowest BCUT2D eigenvalue weighted by atomic mass is 10.3. The first-order valence-corrected chi connectivity index (χ1v) is 7.75. The molecule has 0 aliphatic carbocycles. The zero-order valence-electron chi connectivity index (χ0n) is 12.0. The van der Waals surface area contributed by atoms with E-state index < -0.39 is 0 Å². The Morgan fingerprint density at radius 1 is 1.30 bits per heavy atom. The molecule has 2 aromatic heterocycles. The molecule has 7 nitrogen and oxygen atoms in total. The molecule has 2 heterocycles. The first-order valence-electron chi connectivity index (χ1n) is 6.80. The minimum absolute atomic E-state index is 0.0328. The SMILES string of the molecule is N#CCN(C(=O)Cn1nnc(-c2ccsc2)n1)c1ccccc1. The summed E-state index contributed by atoms with van der Waals surface area (Å²) in [7, 11) is 0. The molecule has 23 heavy (non-hydrogen) atoms. The van der Waals surface area contributed by atoms with Crippen LogP contribution in [0.15, 0.2) is 47.2 Å². The number of tetrazole rings is 1. The lowest BCUT2D eigenvalue weighted by Crippen LogP contribution is -2.34. The van der Waals surface area contributed by atoms with Crippen molar-refractivity contribution in [2.75, 3.05) is 11.4 Å². The molecule has 0 aliphatic rings. The maximum absolute atomic E-state index is 12.4. The van der Waals surface area contributed by atoms with E-state index in [9.17, 15) is 4.79 Å². The Bertz CT molecular complexity index is 821. The van der Waals surface area contributed by atoms with Crippen molar-refractivity contribution in [3.05, 3.63) is 47.2 Å². The Hall–Kier alpha value is -3.05. The third-order valence-electron chi connectivity index (χ3n) is 3.11. The number of carbonyl (C=O) groups is 1. The normalized spacial score (nSPS) is 10.2. The molecular weight excluding hydrogens is 312 g/mol. The van der Waals surface area contributed by atoms with Crippen LogP contribution in [0.2, 0.25) is 0 Å². The third-order valence-corrected chi connectivity index (χ3v) is 3.79. The molecule has 114 valence electrons. The molecule has 0 unspecified atom stereocenters. The predicted molar refractivity (Wildman–Crippen MR) is 85.5 cm³/mol. The summed E-state index contributed by atoms with van der Waals surface area (Å²) in [6, 6.07) is 12.9. The topological polar surface area (TPSA) is 87.7 Å². The van der Waals surface area contributed by atoms with Crippen LogP contribution >= 0.6 is 11.3 Å². The van der Waals surface area contributed by atoms with Crippen LogP contribution in [0.1, 0.15) is 0 Å². The fourth-order valence-corrected chi connectivity index (χ4v) is 2.66.